The summed E-state index contributed by atoms with van der Waals surface area (Å²) in [6.07, 6.45) is 1.34. The molecule has 20 heavy (non-hydrogen) atoms. The van der Waals surface area contributed by atoms with E-state index in [0.29, 0.717) is 0 Å². The van der Waals surface area contributed by atoms with E-state index in [9.17, 15) is 0 Å². The van der Waals surface area contributed by atoms with Crippen LogP contribution in [-0.2, 0) is 6.54 Å². The number of nitrogens with one attached hydrogen (secondary N) is 1. The van der Waals surface area contributed by atoms with Crippen molar-refractivity contribution in [2.24, 2.45) is 11.8 Å². The summed E-state index contributed by atoms with van der Waals surface area (Å²) >= 11 is 0. The summed E-state index contributed by atoms with van der Waals surface area (Å²) < 4.78 is 5.83. The molecule has 1 unspecified atom stereocenters. The minimum atomic E-state index is 0.788. The van der Waals surface area contributed by atoms with Gasteiger partial charge in [-0.25, -0.2) is 0 Å². The number of ether oxygens (including phenoxy) is 1. The smallest absolute Gasteiger partial charge is 0.119 e. The lowest BCUT2D eigenvalue weighted by Gasteiger charge is -2.18. The van der Waals surface area contributed by atoms with Crippen molar-refractivity contribution in [1.82, 2.24) is 10.2 Å². The molecule has 1 aliphatic rings. The lowest BCUT2D eigenvalue weighted by atomic mass is 9.95. The fraction of sp³-hybridized carbons (Fsp3) is 0.647. The first-order valence-corrected chi connectivity index (χ1v) is 7.77. The molecule has 0 saturated carbocycles. The Morgan fingerprint density at radius 3 is 2.65 bits per heavy atom. The molecule has 1 saturated heterocycles. The van der Waals surface area contributed by atoms with Gasteiger partial charge in [0.05, 0.1) is 0 Å². The van der Waals surface area contributed by atoms with Crippen LogP contribution in [0.1, 0.15) is 25.8 Å². The Balaban J connectivity index is 1.68. The minimum Gasteiger partial charge on any atom is -0.492 e. The number of likely N-dealkylation sites (tertiary alicyclic amines) is 1. The second-order valence-corrected chi connectivity index (χ2v) is 6.12. The summed E-state index contributed by atoms with van der Waals surface area (Å²) in [7, 11) is 1.96. The summed E-state index contributed by atoms with van der Waals surface area (Å²) in [4.78, 5) is 2.53. The quantitative estimate of drug-likeness (QED) is 0.829. The highest BCUT2D eigenvalue weighted by molar-refractivity contribution is 5.27. The third kappa shape index (κ3) is 4.50. The number of hydrogen-bond acceptors (Lipinski definition) is 3. The maximum atomic E-state index is 5.83. The molecule has 1 atom stereocenters. The summed E-state index contributed by atoms with van der Waals surface area (Å²) in [6, 6.07) is 8.37. The van der Waals surface area contributed by atoms with Gasteiger partial charge in [-0.1, -0.05) is 26.0 Å². The highest BCUT2D eigenvalue weighted by Gasteiger charge is 2.24. The SMILES string of the molecule is CNCc1ccc(OCCN2CCC(C(C)C)C2)cc1. The predicted molar refractivity (Wildman–Crippen MR) is 84.1 cm³/mol. The molecule has 2 rings (SSSR count). The van der Waals surface area contributed by atoms with Crippen molar-refractivity contribution < 1.29 is 4.74 Å². The van der Waals surface area contributed by atoms with E-state index in [0.717, 1.165) is 37.3 Å². The Morgan fingerprint density at radius 1 is 1.30 bits per heavy atom. The number of benzene rings is 1. The molecule has 3 heteroatoms. The molecule has 0 amide bonds. The average molecular weight is 276 g/mol. The van der Waals surface area contributed by atoms with Crippen molar-refractivity contribution in [2.45, 2.75) is 26.8 Å². The van der Waals surface area contributed by atoms with E-state index in [4.69, 9.17) is 4.74 Å². The van der Waals surface area contributed by atoms with Crippen LogP contribution in [0.3, 0.4) is 0 Å². The largest absolute Gasteiger partial charge is 0.492 e. The molecule has 0 aliphatic carbocycles. The summed E-state index contributed by atoms with van der Waals surface area (Å²) in [6.45, 7) is 9.87. The normalized spacial score (nSPS) is 19.7. The zero-order valence-electron chi connectivity index (χ0n) is 13.1. The van der Waals surface area contributed by atoms with Crippen LogP contribution in [-0.4, -0.2) is 38.2 Å². The molecular formula is C17H28N2O. The molecule has 3 nitrogen and oxygen atoms in total. The Kier molecular flexibility index (Phi) is 5.86. The molecule has 1 N–H and O–H groups in total. The van der Waals surface area contributed by atoms with Gasteiger partial charge in [-0.05, 0) is 49.5 Å². The number of nitrogens with zero attached hydrogens (tertiary/aromatic N) is 1. The van der Waals surface area contributed by atoms with E-state index in [-0.39, 0.29) is 0 Å². The molecular weight excluding hydrogens is 248 g/mol. The van der Waals surface area contributed by atoms with Crippen molar-refractivity contribution in [1.29, 1.82) is 0 Å². The molecule has 0 aromatic heterocycles. The molecule has 1 fully saturated rings. The van der Waals surface area contributed by atoms with Crippen molar-refractivity contribution >= 4 is 0 Å². The predicted octanol–water partition coefficient (Wildman–Crippen LogP) is 2.76. The van der Waals surface area contributed by atoms with Gasteiger partial charge in [0.25, 0.3) is 0 Å². The standard InChI is InChI=1S/C17H28N2O/c1-14(2)16-8-9-19(13-16)10-11-20-17-6-4-15(5-7-17)12-18-3/h4-7,14,16,18H,8-13H2,1-3H3. The lowest BCUT2D eigenvalue weighted by Crippen LogP contribution is -2.27. The van der Waals surface area contributed by atoms with Gasteiger partial charge in [0.1, 0.15) is 12.4 Å². The highest BCUT2D eigenvalue weighted by Crippen LogP contribution is 2.23. The molecule has 0 bridgehead atoms. The average Bonchev–Trinajstić information content (AvgIpc) is 2.90. The van der Waals surface area contributed by atoms with Gasteiger partial charge in [-0.2, -0.15) is 0 Å². The van der Waals surface area contributed by atoms with E-state index < -0.39 is 0 Å². The lowest BCUT2D eigenvalue weighted by molar-refractivity contribution is 0.227. The molecule has 112 valence electrons. The molecule has 0 spiro atoms. The Bertz CT molecular complexity index is 388. The highest BCUT2D eigenvalue weighted by atomic mass is 16.5. The third-order valence-corrected chi connectivity index (χ3v) is 4.23. The van der Waals surface area contributed by atoms with Gasteiger partial charge < -0.3 is 10.1 Å². The van der Waals surface area contributed by atoms with Crippen molar-refractivity contribution in [3.63, 3.8) is 0 Å². The molecule has 0 radical (unpaired) electrons. The van der Waals surface area contributed by atoms with Crippen LogP contribution in [0, 0.1) is 11.8 Å². The van der Waals surface area contributed by atoms with E-state index in [1.54, 1.807) is 0 Å². The molecule has 1 aliphatic heterocycles. The second-order valence-electron chi connectivity index (χ2n) is 6.12. The van der Waals surface area contributed by atoms with Gasteiger partial charge in [0.15, 0.2) is 0 Å². The zero-order chi connectivity index (χ0) is 14.4. The van der Waals surface area contributed by atoms with Crippen LogP contribution in [0.25, 0.3) is 0 Å². The number of rotatable bonds is 7. The van der Waals surface area contributed by atoms with Crippen LogP contribution < -0.4 is 10.1 Å². The summed E-state index contributed by atoms with van der Waals surface area (Å²) in [5.74, 6) is 2.65. The Labute approximate surface area is 123 Å². The van der Waals surface area contributed by atoms with Gasteiger partial charge in [-0.3, -0.25) is 4.90 Å². The van der Waals surface area contributed by atoms with Crippen LogP contribution in [0.4, 0.5) is 0 Å². The fourth-order valence-electron chi connectivity index (χ4n) is 2.81. The minimum absolute atomic E-state index is 0.788. The van der Waals surface area contributed by atoms with Crippen molar-refractivity contribution in [2.75, 3.05) is 33.3 Å². The molecule has 1 heterocycles. The summed E-state index contributed by atoms with van der Waals surface area (Å²) in [5.41, 5.74) is 1.29. The first kappa shape index (κ1) is 15.3. The molecule has 1 aromatic carbocycles. The van der Waals surface area contributed by atoms with Gasteiger partial charge >= 0.3 is 0 Å². The summed E-state index contributed by atoms with van der Waals surface area (Å²) in [5, 5.41) is 3.15. The van der Waals surface area contributed by atoms with E-state index in [1.807, 2.05) is 7.05 Å². The third-order valence-electron chi connectivity index (χ3n) is 4.23. The Morgan fingerprint density at radius 2 is 2.05 bits per heavy atom. The Hall–Kier alpha value is -1.06. The first-order chi connectivity index (χ1) is 9.69. The van der Waals surface area contributed by atoms with E-state index in [1.165, 1.54) is 25.1 Å². The first-order valence-electron chi connectivity index (χ1n) is 7.77. The topological polar surface area (TPSA) is 24.5 Å². The maximum Gasteiger partial charge on any atom is 0.119 e. The van der Waals surface area contributed by atoms with Crippen LogP contribution in [0.2, 0.25) is 0 Å². The second kappa shape index (κ2) is 7.65. The van der Waals surface area contributed by atoms with Gasteiger partial charge in [0.2, 0.25) is 0 Å². The maximum absolute atomic E-state index is 5.83. The number of hydrogen-bond donors (Lipinski definition) is 1. The van der Waals surface area contributed by atoms with E-state index >= 15 is 0 Å². The van der Waals surface area contributed by atoms with Crippen molar-refractivity contribution in [3.8, 4) is 5.75 Å². The molecule has 1 aromatic rings. The fourth-order valence-corrected chi connectivity index (χ4v) is 2.81. The van der Waals surface area contributed by atoms with Gasteiger partial charge in [0, 0.05) is 19.6 Å². The van der Waals surface area contributed by atoms with Crippen LogP contribution in [0.15, 0.2) is 24.3 Å². The monoisotopic (exact) mass is 276 g/mol. The van der Waals surface area contributed by atoms with Crippen LogP contribution >= 0.6 is 0 Å². The van der Waals surface area contributed by atoms with Gasteiger partial charge in [-0.15, -0.1) is 0 Å². The van der Waals surface area contributed by atoms with Crippen LogP contribution in [0.5, 0.6) is 5.75 Å². The zero-order valence-corrected chi connectivity index (χ0v) is 13.1. The van der Waals surface area contributed by atoms with E-state index in [2.05, 4.69) is 48.3 Å². The van der Waals surface area contributed by atoms with Crippen molar-refractivity contribution in [3.05, 3.63) is 29.8 Å².